The summed E-state index contributed by atoms with van der Waals surface area (Å²) in [6, 6.07) is 6.58. The fraction of sp³-hybridized carbons (Fsp3) is 0.474. The first kappa shape index (κ1) is 22.9. The van der Waals surface area contributed by atoms with Crippen LogP contribution in [0.25, 0.3) is 0 Å². The summed E-state index contributed by atoms with van der Waals surface area (Å²) in [5, 5.41) is 9.56. The molecule has 0 aromatic heterocycles. The van der Waals surface area contributed by atoms with Crippen LogP contribution in [0.3, 0.4) is 0 Å². The molecule has 3 amide bonds. The smallest absolute Gasteiger partial charge is 0.312 e. The zero-order valence-corrected chi connectivity index (χ0v) is 16.2. The maximum Gasteiger partial charge on any atom is 0.312 e. The second-order valence-corrected chi connectivity index (χ2v) is 6.22. The molecule has 0 saturated carbocycles. The third-order valence-electron chi connectivity index (χ3n) is 3.95. The van der Waals surface area contributed by atoms with Gasteiger partial charge in [0.1, 0.15) is 5.84 Å². The molecule has 9 nitrogen and oxygen atoms in total. The minimum Gasteiger partial charge on any atom is -0.466 e. The van der Waals surface area contributed by atoms with Gasteiger partial charge in [0.05, 0.1) is 13.0 Å². The van der Waals surface area contributed by atoms with Crippen LogP contribution in [0.15, 0.2) is 24.3 Å². The van der Waals surface area contributed by atoms with Gasteiger partial charge < -0.3 is 26.4 Å². The second kappa shape index (κ2) is 12.3. The molecular weight excluding hydrogens is 362 g/mol. The summed E-state index contributed by atoms with van der Waals surface area (Å²) in [7, 11) is 0. The maximum atomic E-state index is 11.5. The zero-order chi connectivity index (χ0) is 20.9. The number of carbonyl (C=O) groups excluding carboxylic acids is 3. The molecule has 1 aliphatic rings. The number of nitrogen functional groups attached to an aromatic ring is 1. The molecule has 1 aliphatic heterocycles. The van der Waals surface area contributed by atoms with E-state index < -0.39 is 6.03 Å². The Morgan fingerprint density at radius 1 is 1.25 bits per heavy atom. The molecule has 154 valence electrons. The maximum absolute atomic E-state index is 11.5. The molecule has 1 fully saturated rings. The van der Waals surface area contributed by atoms with Crippen LogP contribution in [0.4, 0.5) is 10.5 Å². The summed E-state index contributed by atoms with van der Waals surface area (Å²) in [5.41, 5.74) is 11.7. The Balaban J connectivity index is 0.000000284. The Morgan fingerprint density at radius 2 is 1.93 bits per heavy atom. The topological polar surface area (TPSA) is 152 Å². The van der Waals surface area contributed by atoms with Crippen molar-refractivity contribution in [1.29, 1.82) is 5.41 Å². The molecule has 0 spiro atoms. The fourth-order valence-corrected chi connectivity index (χ4v) is 2.43. The van der Waals surface area contributed by atoms with Crippen LogP contribution in [0.2, 0.25) is 0 Å². The number of nitrogens with one attached hydrogen (secondary N) is 2. The van der Waals surface area contributed by atoms with Crippen molar-refractivity contribution < 1.29 is 19.1 Å². The first-order valence-electron chi connectivity index (χ1n) is 9.29. The van der Waals surface area contributed by atoms with Crippen molar-refractivity contribution in [2.24, 2.45) is 11.5 Å². The van der Waals surface area contributed by atoms with Crippen LogP contribution >= 0.6 is 0 Å². The number of benzene rings is 1. The molecule has 0 bridgehead atoms. The highest BCUT2D eigenvalue weighted by molar-refractivity contribution is 5.97. The molecule has 28 heavy (non-hydrogen) atoms. The Kier molecular flexibility index (Phi) is 10.1. The summed E-state index contributed by atoms with van der Waals surface area (Å²) >= 11 is 0. The van der Waals surface area contributed by atoms with Gasteiger partial charge in [-0.3, -0.25) is 15.0 Å². The molecule has 6 N–H and O–H groups in total. The number of anilines is 1. The number of rotatable bonds is 8. The van der Waals surface area contributed by atoms with E-state index in [0.717, 1.165) is 31.5 Å². The van der Waals surface area contributed by atoms with E-state index in [4.69, 9.17) is 21.6 Å². The van der Waals surface area contributed by atoms with Crippen LogP contribution in [-0.2, 0) is 14.3 Å². The van der Waals surface area contributed by atoms with E-state index in [1.807, 2.05) is 19.1 Å². The van der Waals surface area contributed by atoms with Gasteiger partial charge in [-0.1, -0.05) is 13.3 Å². The van der Waals surface area contributed by atoms with Crippen molar-refractivity contribution in [2.75, 3.05) is 24.6 Å². The van der Waals surface area contributed by atoms with Crippen LogP contribution in [0.5, 0.6) is 0 Å². The Morgan fingerprint density at radius 3 is 2.43 bits per heavy atom. The largest absolute Gasteiger partial charge is 0.466 e. The van der Waals surface area contributed by atoms with E-state index in [9.17, 15) is 14.4 Å². The molecule has 0 atom stereocenters. The van der Waals surface area contributed by atoms with Gasteiger partial charge in [-0.2, -0.15) is 0 Å². The Bertz CT molecular complexity index is 675. The zero-order valence-electron chi connectivity index (χ0n) is 16.2. The number of primary amides is 1. The summed E-state index contributed by atoms with van der Waals surface area (Å²) < 4.78 is 4.83. The number of amides is 3. The lowest BCUT2D eigenvalue weighted by molar-refractivity contribution is -0.143. The van der Waals surface area contributed by atoms with Crippen LogP contribution < -0.4 is 21.7 Å². The van der Waals surface area contributed by atoms with Gasteiger partial charge >= 0.3 is 12.0 Å². The third-order valence-corrected chi connectivity index (χ3v) is 3.95. The van der Waals surface area contributed by atoms with Gasteiger partial charge in [0, 0.05) is 30.8 Å². The van der Waals surface area contributed by atoms with Crippen molar-refractivity contribution >= 4 is 29.4 Å². The summed E-state index contributed by atoms with van der Waals surface area (Å²) in [4.78, 5) is 34.3. The number of carbonyl (C=O) groups is 3. The lowest BCUT2D eigenvalue weighted by atomic mass is 10.2. The summed E-state index contributed by atoms with van der Waals surface area (Å²) in [5.74, 6) is -0.0814. The highest BCUT2D eigenvalue weighted by atomic mass is 16.5. The number of hydrogen-bond acceptors (Lipinski definition) is 5. The average Bonchev–Trinajstić information content (AvgIpc) is 3.08. The van der Waals surface area contributed by atoms with Gasteiger partial charge in [-0.05, 0) is 37.1 Å². The third kappa shape index (κ3) is 8.52. The number of nitrogens with two attached hydrogens (primary N) is 2. The van der Waals surface area contributed by atoms with E-state index in [0.29, 0.717) is 18.6 Å². The molecule has 1 aromatic carbocycles. The molecule has 0 unspecified atom stereocenters. The van der Waals surface area contributed by atoms with Gasteiger partial charge in [0.2, 0.25) is 5.91 Å². The Hall–Kier alpha value is -3.10. The predicted molar refractivity (Wildman–Crippen MR) is 107 cm³/mol. The minimum atomic E-state index is -0.624. The lowest BCUT2D eigenvalue weighted by Crippen LogP contribution is -2.31. The average molecular weight is 391 g/mol. The molecular formula is C19H29N5O4. The van der Waals surface area contributed by atoms with E-state index in [-0.39, 0.29) is 30.7 Å². The van der Waals surface area contributed by atoms with Crippen molar-refractivity contribution in [3.63, 3.8) is 0 Å². The molecule has 0 aliphatic carbocycles. The van der Waals surface area contributed by atoms with E-state index in [1.165, 1.54) is 0 Å². The van der Waals surface area contributed by atoms with Crippen LogP contribution in [0, 0.1) is 5.41 Å². The number of esters is 1. The first-order valence-corrected chi connectivity index (χ1v) is 9.29. The van der Waals surface area contributed by atoms with Gasteiger partial charge in [-0.25, -0.2) is 4.79 Å². The van der Waals surface area contributed by atoms with E-state index in [2.05, 4.69) is 5.32 Å². The van der Waals surface area contributed by atoms with Gasteiger partial charge in [0.15, 0.2) is 0 Å². The molecule has 1 saturated heterocycles. The monoisotopic (exact) mass is 391 g/mol. The quantitative estimate of drug-likeness (QED) is 0.229. The number of ether oxygens (including phenoxy) is 1. The van der Waals surface area contributed by atoms with Crippen molar-refractivity contribution in [1.82, 2.24) is 5.32 Å². The molecule has 9 heteroatoms. The van der Waals surface area contributed by atoms with Crippen molar-refractivity contribution in [3.05, 3.63) is 29.8 Å². The highest BCUT2D eigenvalue weighted by Gasteiger charge is 2.21. The van der Waals surface area contributed by atoms with Gasteiger partial charge in [0.25, 0.3) is 0 Å². The lowest BCUT2D eigenvalue weighted by Gasteiger charge is -2.15. The van der Waals surface area contributed by atoms with Crippen LogP contribution in [0.1, 0.15) is 44.6 Å². The number of unbranched alkanes of at least 4 members (excludes halogenated alkanes) is 1. The fourth-order valence-electron chi connectivity index (χ4n) is 2.43. The second-order valence-electron chi connectivity index (χ2n) is 6.22. The normalized spacial score (nSPS) is 12.8. The molecule has 1 aromatic rings. The number of nitrogens with zero attached hydrogens (tertiary/aromatic N) is 1. The van der Waals surface area contributed by atoms with Gasteiger partial charge in [-0.15, -0.1) is 0 Å². The number of amidine groups is 1. The standard InChI is InChI=1S/C11H13N3O.C8H16N2O3/c12-11(13)8-3-5-9(6-4-8)14-7-1-2-10(14)15;1-2-3-6-13-7(11)4-5-10-8(9)12/h3-6H,1-2,7H2,(H3,12,13);2-6H2,1H3,(H3,9,10,12). The van der Waals surface area contributed by atoms with E-state index in [1.54, 1.807) is 17.0 Å². The van der Waals surface area contributed by atoms with Crippen LogP contribution in [-0.4, -0.2) is 43.4 Å². The SMILES string of the molecule is CCCCOC(=O)CCNC(N)=O.N=C(N)c1ccc(N2CCCC2=O)cc1. The first-order chi connectivity index (χ1) is 13.3. The molecule has 0 radical (unpaired) electrons. The minimum absolute atomic E-state index is 0.0503. The Labute approximate surface area is 164 Å². The highest BCUT2D eigenvalue weighted by Crippen LogP contribution is 2.21. The summed E-state index contributed by atoms with van der Waals surface area (Å²) in [6.07, 6.45) is 3.59. The summed E-state index contributed by atoms with van der Waals surface area (Å²) in [6.45, 7) is 3.49. The number of urea groups is 1. The van der Waals surface area contributed by atoms with Crippen molar-refractivity contribution in [3.8, 4) is 0 Å². The molecule has 2 rings (SSSR count). The van der Waals surface area contributed by atoms with E-state index >= 15 is 0 Å². The van der Waals surface area contributed by atoms with Crippen molar-refractivity contribution in [2.45, 2.75) is 39.0 Å². The predicted octanol–water partition coefficient (Wildman–Crippen LogP) is 1.49. The number of hydrogen-bond donors (Lipinski definition) is 4. The molecule has 1 heterocycles.